The molecule has 0 radical (unpaired) electrons. The molecule has 0 saturated carbocycles. The van der Waals surface area contributed by atoms with Gasteiger partial charge in [-0.2, -0.15) is 4.31 Å². The topological polar surface area (TPSA) is 75.7 Å². The third kappa shape index (κ3) is 4.56. The number of nitrogens with one attached hydrogen (secondary N) is 1. The molecule has 0 bridgehead atoms. The number of sulfonamides is 1. The number of piperidine rings is 1. The number of nitrogens with zero attached hydrogens (tertiary/aromatic N) is 1. The molecule has 1 fully saturated rings. The first kappa shape index (κ1) is 21.2. The number of hydrogen-bond donors (Lipinski definition) is 1. The van der Waals surface area contributed by atoms with E-state index in [1.807, 2.05) is 0 Å². The molecule has 1 N–H and O–H groups in total. The van der Waals surface area contributed by atoms with Gasteiger partial charge in [0.25, 0.3) is 5.91 Å². The van der Waals surface area contributed by atoms with Crippen molar-refractivity contribution in [2.75, 3.05) is 25.5 Å². The van der Waals surface area contributed by atoms with Gasteiger partial charge < -0.3 is 10.1 Å². The van der Waals surface area contributed by atoms with Crippen LogP contribution in [0.5, 0.6) is 5.75 Å². The maximum atomic E-state index is 13.4. The SMILES string of the molecule is COc1ccc(S(=O)(=O)N2CCC(C)CC2)cc1C(=O)Nc1ccc(F)c(F)c1. The molecule has 156 valence electrons. The molecule has 1 aliphatic heterocycles. The zero-order chi connectivity index (χ0) is 21.2. The number of carbonyl (C=O) groups excluding carboxylic acids is 1. The maximum Gasteiger partial charge on any atom is 0.259 e. The highest BCUT2D eigenvalue weighted by atomic mass is 32.2. The van der Waals surface area contributed by atoms with Crippen LogP contribution in [0.4, 0.5) is 14.5 Å². The number of methoxy groups -OCH3 is 1. The summed E-state index contributed by atoms with van der Waals surface area (Å²) in [5.74, 6) is -2.21. The van der Waals surface area contributed by atoms with Gasteiger partial charge in [-0.1, -0.05) is 6.92 Å². The van der Waals surface area contributed by atoms with Crippen molar-refractivity contribution in [1.82, 2.24) is 4.31 Å². The molecule has 1 saturated heterocycles. The lowest BCUT2D eigenvalue weighted by atomic mass is 10.0. The second-order valence-corrected chi connectivity index (χ2v) is 8.97. The zero-order valence-electron chi connectivity index (χ0n) is 16.1. The molecule has 9 heteroatoms. The Hall–Kier alpha value is -2.52. The van der Waals surface area contributed by atoms with Crippen molar-refractivity contribution in [1.29, 1.82) is 0 Å². The number of anilines is 1. The fraction of sp³-hybridized carbons (Fsp3) is 0.350. The summed E-state index contributed by atoms with van der Waals surface area (Å²) in [6.07, 6.45) is 1.55. The van der Waals surface area contributed by atoms with Crippen molar-refractivity contribution < 1.29 is 26.7 Å². The Morgan fingerprint density at radius 1 is 1.10 bits per heavy atom. The molecule has 0 aliphatic carbocycles. The first-order valence-corrected chi connectivity index (χ1v) is 10.6. The molecule has 0 atom stereocenters. The molecule has 2 aromatic rings. The highest BCUT2D eigenvalue weighted by molar-refractivity contribution is 7.89. The van der Waals surface area contributed by atoms with Crippen LogP contribution >= 0.6 is 0 Å². The number of benzene rings is 2. The Morgan fingerprint density at radius 2 is 1.79 bits per heavy atom. The van der Waals surface area contributed by atoms with E-state index in [1.165, 1.54) is 35.7 Å². The summed E-state index contributed by atoms with van der Waals surface area (Å²) < 4.78 is 59.0. The second-order valence-electron chi connectivity index (χ2n) is 7.03. The molecule has 29 heavy (non-hydrogen) atoms. The van der Waals surface area contributed by atoms with E-state index in [0.29, 0.717) is 19.0 Å². The van der Waals surface area contributed by atoms with Gasteiger partial charge in [-0.3, -0.25) is 4.79 Å². The lowest BCUT2D eigenvalue weighted by molar-refractivity contribution is 0.102. The van der Waals surface area contributed by atoms with Gasteiger partial charge in [0, 0.05) is 24.8 Å². The molecular weight excluding hydrogens is 402 g/mol. The van der Waals surface area contributed by atoms with E-state index >= 15 is 0 Å². The molecule has 0 aromatic heterocycles. The first-order valence-electron chi connectivity index (χ1n) is 9.17. The number of halogens is 2. The third-order valence-electron chi connectivity index (χ3n) is 4.97. The number of hydrogen-bond acceptors (Lipinski definition) is 4. The Labute approximate surface area is 168 Å². The van der Waals surface area contributed by atoms with Crippen molar-refractivity contribution in [3.63, 3.8) is 0 Å². The average molecular weight is 424 g/mol. The van der Waals surface area contributed by atoms with Gasteiger partial charge in [-0.25, -0.2) is 17.2 Å². The van der Waals surface area contributed by atoms with E-state index in [2.05, 4.69) is 12.2 Å². The van der Waals surface area contributed by atoms with Gasteiger partial charge >= 0.3 is 0 Å². The Morgan fingerprint density at radius 3 is 2.41 bits per heavy atom. The van der Waals surface area contributed by atoms with Crippen LogP contribution in [0.25, 0.3) is 0 Å². The summed E-state index contributed by atoms with van der Waals surface area (Å²) in [4.78, 5) is 12.6. The molecule has 6 nitrogen and oxygen atoms in total. The lowest BCUT2D eigenvalue weighted by Crippen LogP contribution is -2.37. The molecular formula is C20H22F2N2O4S. The van der Waals surface area contributed by atoms with E-state index in [1.54, 1.807) is 0 Å². The smallest absolute Gasteiger partial charge is 0.259 e. The van der Waals surface area contributed by atoms with Crippen molar-refractivity contribution >= 4 is 21.6 Å². The van der Waals surface area contributed by atoms with Crippen LogP contribution in [-0.2, 0) is 10.0 Å². The third-order valence-corrected chi connectivity index (χ3v) is 6.87. The van der Waals surface area contributed by atoms with E-state index < -0.39 is 27.6 Å². The molecule has 1 amide bonds. The summed E-state index contributed by atoms with van der Waals surface area (Å²) in [6.45, 7) is 2.93. The van der Waals surface area contributed by atoms with Gasteiger partial charge in [0.2, 0.25) is 10.0 Å². The Bertz CT molecular complexity index is 1020. The summed E-state index contributed by atoms with van der Waals surface area (Å²) in [5, 5.41) is 2.43. The molecule has 1 heterocycles. The van der Waals surface area contributed by atoms with Crippen LogP contribution in [0.1, 0.15) is 30.1 Å². The fourth-order valence-electron chi connectivity index (χ4n) is 3.17. The zero-order valence-corrected chi connectivity index (χ0v) is 16.9. The fourth-order valence-corrected chi connectivity index (χ4v) is 4.67. The predicted octanol–water partition coefficient (Wildman–Crippen LogP) is 3.65. The normalized spacial score (nSPS) is 15.9. The molecule has 0 spiro atoms. The summed E-state index contributed by atoms with van der Waals surface area (Å²) in [6, 6.07) is 6.97. The van der Waals surface area contributed by atoms with Gasteiger partial charge in [-0.15, -0.1) is 0 Å². The van der Waals surface area contributed by atoms with Gasteiger partial charge in [0.15, 0.2) is 11.6 Å². The van der Waals surface area contributed by atoms with Crippen molar-refractivity contribution in [2.45, 2.75) is 24.7 Å². The van der Waals surface area contributed by atoms with E-state index in [9.17, 15) is 22.0 Å². The minimum Gasteiger partial charge on any atom is -0.496 e. The van der Waals surface area contributed by atoms with Gasteiger partial charge in [0.05, 0.1) is 17.6 Å². The first-order chi connectivity index (χ1) is 13.7. The highest BCUT2D eigenvalue weighted by Crippen LogP contribution is 2.28. The van der Waals surface area contributed by atoms with Crippen molar-refractivity contribution in [3.05, 3.63) is 53.6 Å². The Balaban J connectivity index is 1.90. The molecule has 0 unspecified atom stereocenters. The maximum absolute atomic E-state index is 13.4. The number of carbonyl (C=O) groups is 1. The number of rotatable bonds is 5. The van der Waals surface area contributed by atoms with Crippen LogP contribution in [0.3, 0.4) is 0 Å². The highest BCUT2D eigenvalue weighted by Gasteiger charge is 2.29. The largest absolute Gasteiger partial charge is 0.496 e. The molecule has 3 rings (SSSR count). The quantitative estimate of drug-likeness (QED) is 0.795. The standard InChI is InChI=1S/C20H22F2N2O4S/c1-13-7-9-24(10-8-13)29(26,27)15-4-6-19(28-2)16(12-15)20(25)23-14-3-5-17(21)18(22)11-14/h3-6,11-13H,7-10H2,1-2H3,(H,23,25). The van der Waals surface area contributed by atoms with Crippen LogP contribution in [0, 0.1) is 17.6 Å². The van der Waals surface area contributed by atoms with Crippen molar-refractivity contribution in [2.24, 2.45) is 5.92 Å². The van der Waals surface area contributed by atoms with Crippen LogP contribution in [0.2, 0.25) is 0 Å². The summed E-state index contributed by atoms with van der Waals surface area (Å²) in [5.41, 5.74) is 0.0120. The Kier molecular flexibility index (Phi) is 6.18. The lowest BCUT2D eigenvalue weighted by Gasteiger charge is -2.29. The number of amides is 1. The van der Waals surface area contributed by atoms with E-state index in [0.717, 1.165) is 25.0 Å². The van der Waals surface area contributed by atoms with Crippen LogP contribution in [0.15, 0.2) is 41.3 Å². The molecule has 1 aliphatic rings. The van der Waals surface area contributed by atoms with Gasteiger partial charge in [-0.05, 0) is 49.1 Å². The van der Waals surface area contributed by atoms with E-state index in [4.69, 9.17) is 4.74 Å². The minimum atomic E-state index is -3.76. The van der Waals surface area contributed by atoms with Crippen molar-refractivity contribution in [3.8, 4) is 5.75 Å². The number of ether oxygens (including phenoxy) is 1. The van der Waals surface area contributed by atoms with Crippen LogP contribution < -0.4 is 10.1 Å². The van der Waals surface area contributed by atoms with Gasteiger partial charge in [0.1, 0.15) is 5.75 Å². The summed E-state index contributed by atoms with van der Waals surface area (Å²) >= 11 is 0. The second kappa shape index (κ2) is 8.46. The minimum absolute atomic E-state index is 0.0244. The molecule has 2 aromatic carbocycles. The predicted molar refractivity (Wildman–Crippen MR) is 104 cm³/mol. The average Bonchev–Trinajstić information content (AvgIpc) is 2.70. The van der Waals surface area contributed by atoms with Crippen LogP contribution in [-0.4, -0.2) is 38.8 Å². The summed E-state index contributed by atoms with van der Waals surface area (Å²) in [7, 11) is -2.41. The monoisotopic (exact) mass is 424 g/mol. The van der Waals surface area contributed by atoms with E-state index in [-0.39, 0.29) is 21.9 Å².